The average molecular weight is 860 g/mol. The van der Waals surface area contributed by atoms with E-state index in [4.69, 9.17) is 21.1 Å². The molecule has 4 atom stereocenters. The summed E-state index contributed by atoms with van der Waals surface area (Å²) in [5, 5.41) is 26.1. The maximum atomic E-state index is 13.1. The van der Waals surface area contributed by atoms with Crippen molar-refractivity contribution in [2.45, 2.75) is 114 Å². The van der Waals surface area contributed by atoms with Gasteiger partial charge in [-0.25, -0.2) is 4.79 Å². The number of pyridine rings is 1. The van der Waals surface area contributed by atoms with Crippen LogP contribution in [-0.4, -0.2) is 55.7 Å². The summed E-state index contributed by atoms with van der Waals surface area (Å²) in [6.07, 6.45) is 12.2. The standard InChI is InChI=1S/C50H59ClN6O5/c1-32(31-62-45-18-23-52-43-14-5-9-33(2)47(43)45)25-38-27-36-16-17-41(29-42(36)49(38)19-21-50(22-20-49,48(59)60)54-40-13-7-12-39(51)28-40)61-24-8-15-46(58)53-34(3)35-10-6-11-37(26-35)44-30-57(4)56-55-44/h6-7,10-13,16-18,23,26,28-30,32-34,38,54H,5,8-9,14-15,19-22,24-25,27,31H2,1-4H3,(H,53,58)(H,59,60)/t32-,33-,34-,38+,49?,50?/m1/s1. The van der Waals surface area contributed by atoms with Crippen LogP contribution in [0.1, 0.15) is 118 Å². The molecule has 3 aliphatic rings. The first kappa shape index (κ1) is 43.2. The number of hydrogen-bond acceptors (Lipinski definition) is 8. The van der Waals surface area contributed by atoms with E-state index in [1.165, 1.54) is 22.4 Å². The lowest BCUT2D eigenvalue weighted by Gasteiger charge is -2.47. The van der Waals surface area contributed by atoms with Gasteiger partial charge in [0, 0.05) is 47.2 Å². The van der Waals surface area contributed by atoms with E-state index in [1.807, 2.05) is 74.9 Å². The van der Waals surface area contributed by atoms with Crippen LogP contribution in [0.4, 0.5) is 5.69 Å². The van der Waals surface area contributed by atoms with Crippen molar-refractivity contribution in [3.05, 3.63) is 118 Å². The van der Waals surface area contributed by atoms with Crippen molar-refractivity contribution in [3.8, 4) is 22.8 Å². The number of carboxylic acids is 1. The molecule has 0 unspecified atom stereocenters. The van der Waals surface area contributed by atoms with Crippen LogP contribution in [0.25, 0.3) is 11.3 Å². The number of nitrogens with one attached hydrogen (secondary N) is 2. The van der Waals surface area contributed by atoms with E-state index in [1.54, 1.807) is 16.8 Å². The quantitative estimate of drug-likeness (QED) is 0.0828. The maximum Gasteiger partial charge on any atom is 0.329 e. The first-order valence-corrected chi connectivity index (χ1v) is 22.7. The Balaban J connectivity index is 0.937. The van der Waals surface area contributed by atoms with Crippen molar-refractivity contribution in [1.29, 1.82) is 0 Å². The molecule has 0 aliphatic heterocycles. The fraction of sp³-hybridized carbons (Fsp3) is 0.460. The molecule has 5 aromatic rings. The summed E-state index contributed by atoms with van der Waals surface area (Å²) < 4.78 is 14.6. The predicted molar refractivity (Wildman–Crippen MR) is 242 cm³/mol. The SMILES string of the molecule is C[C@@H](COc1ccnc2c1[C@H](C)CCC2)C[C@H]1Cc2ccc(OCCCC(=O)N[C@H](C)c3cccc(-c4cn(C)nn4)c3)cc2C12CCC(Nc1cccc(Cl)c1)(C(=O)O)CC2. The number of benzene rings is 3. The Hall–Kier alpha value is -5.42. The molecule has 0 saturated heterocycles. The van der Waals surface area contributed by atoms with Crippen LogP contribution >= 0.6 is 11.6 Å². The van der Waals surface area contributed by atoms with E-state index in [0.29, 0.717) is 61.4 Å². The zero-order chi connectivity index (χ0) is 43.4. The summed E-state index contributed by atoms with van der Waals surface area (Å²) >= 11 is 6.32. The summed E-state index contributed by atoms with van der Waals surface area (Å²) in [4.78, 5) is 30.8. The van der Waals surface area contributed by atoms with Gasteiger partial charge in [0.1, 0.15) is 22.7 Å². The number of carboxylic acid groups (broad SMARTS) is 1. The van der Waals surface area contributed by atoms with Gasteiger partial charge >= 0.3 is 5.97 Å². The number of rotatable bonds is 16. The Morgan fingerprint density at radius 1 is 1.02 bits per heavy atom. The van der Waals surface area contributed by atoms with Crippen molar-refractivity contribution >= 4 is 29.2 Å². The van der Waals surface area contributed by atoms with Crippen LogP contribution in [0.5, 0.6) is 11.5 Å². The van der Waals surface area contributed by atoms with Gasteiger partial charge in [-0.15, -0.1) is 5.10 Å². The van der Waals surface area contributed by atoms with Crippen LogP contribution in [0.2, 0.25) is 5.02 Å². The highest BCUT2D eigenvalue weighted by Gasteiger charge is 2.54. The zero-order valence-corrected chi connectivity index (χ0v) is 37.1. The molecule has 0 bridgehead atoms. The normalized spacial score (nSPS) is 22.6. The van der Waals surface area contributed by atoms with E-state index in [-0.39, 0.29) is 23.3 Å². The monoisotopic (exact) mass is 858 g/mol. The van der Waals surface area contributed by atoms with Crippen molar-refractivity contribution in [3.63, 3.8) is 0 Å². The molecule has 2 heterocycles. The summed E-state index contributed by atoms with van der Waals surface area (Å²) in [6.45, 7) is 7.55. The third-order valence-corrected chi connectivity index (χ3v) is 14.0. The molecule has 11 nitrogen and oxygen atoms in total. The van der Waals surface area contributed by atoms with E-state index in [0.717, 1.165) is 73.3 Å². The third kappa shape index (κ3) is 9.33. The largest absolute Gasteiger partial charge is 0.494 e. The lowest BCUT2D eigenvalue weighted by Crippen LogP contribution is -2.53. The number of amides is 1. The Labute approximate surface area is 370 Å². The molecule has 3 aromatic carbocycles. The molecule has 2 aromatic heterocycles. The second kappa shape index (κ2) is 18.5. The molecule has 12 heteroatoms. The number of aromatic nitrogens is 4. The van der Waals surface area contributed by atoms with Gasteiger partial charge in [-0.05, 0) is 153 Å². The lowest BCUT2D eigenvalue weighted by atomic mass is 9.59. The van der Waals surface area contributed by atoms with E-state index < -0.39 is 11.5 Å². The number of fused-ring (bicyclic) bond motifs is 3. The average Bonchev–Trinajstić information content (AvgIpc) is 3.82. The van der Waals surface area contributed by atoms with Gasteiger partial charge in [0.05, 0.1) is 25.5 Å². The van der Waals surface area contributed by atoms with Crippen molar-refractivity contribution in [1.82, 2.24) is 25.3 Å². The van der Waals surface area contributed by atoms with Crippen molar-refractivity contribution < 1.29 is 24.2 Å². The van der Waals surface area contributed by atoms with Crippen LogP contribution in [0.3, 0.4) is 0 Å². The smallest absolute Gasteiger partial charge is 0.329 e. The zero-order valence-electron chi connectivity index (χ0n) is 36.3. The molecule has 3 N–H and O–H groups in total. The Morgan fingerprint density at radius 2 is 1.84 bits per heavy atom. The van der Waals surface area contributed by atoms with Gasteiger partial charge in [0.15, 0.2) is 0 Å². The second-order valence-electron chi connectivity index (χ2n) is 18.2. The fourth-order valence-electron chi connectivity index (χ4n) is 10.4. The fourth-order valence-corrected chi connectivity index (χ4v) is 10.6. The molecule has 0 radical (unpaired) electrons. The van der Waals surface area contributed by atoms with Crippen LogP contribution < -0.4 is 20.1 Å². The van der Waals surface area contributed by atoms with Crippen LogP contribution in [-0.2, 0) is 34.9 Å². The Kier molecular flexibility index (Phi) is 12.9. The first-order chi connectivity index (χ1) is 29.9. The lowest BCUT2D eigenvalue weighted by molar-refractivity contribution is -0.144. The van der Waals surface area contributed by atoms with Gasteiger partial charge in [-0.1, -0.05) is 61.0 Å². The number of carbonyl (C=O) groups excluding carboxylic acids is 1. The van der Waals surface area contributed by atoms with Gasteiger partial charge in [-0.2, -0.15) is 0 Å². The van der Waals surface area contributed by atoms with Gasteiger partial charge in [0.25, 0.3) is 0 Å². The molecule has 326 valence electrons. The molecule has 1 fully saturated rings. The predicted octanol–water partition coefficient (Wildman–Crippen LogP) is 10.0. The van der Waals surface area contributed by atoms with E-state index in [2.05, 4.69) is 51.9 Å². The second-order valence-corrected chi connectivity index (χ2v) is 18.6. The topological polar surface area (TPSA) is 140 Å². The van der Waals surface area contributed by atoms with Gasteiger partial charge in [-0.3, -0.25) is 14.5 Å². The van der Waals surface area contributed by atoms with Crippen LogP contribution in [0.15, 0.2) is 85.2 Å². The van der Waals surface area contributed by atoms with E-state index >= 15 is 0 Å². The number of ether oxygens (including phenoxy) is 2. The number of halogens is 1. The molecule has 1 amide bonds. The highest BCUT2D eigenvalue weighted by atomic mass is 35.5. The summed E-state index contributed by atoms with van der Waals surface area (Å²) in [7, 11) is 1.84. The molecule has 1 spiro atoms. The summed E-state index contributed by atoms with van der Waals surface area (Å²) in [6, 6.07) is 23.6. The molecular formula is C50H59ClN6O5. The highest BCUT2D eigenvalue weighted by molar-refractivity contribution is 6.30. The number of nitrogens with zero attached hydrogens (tertiary/aromatic N) is 4. The van der Waals surface area contributed by atoms with Gasteiger partial charge < -0.3 is 25.2 Å². The minimum Gasteiger partial charge on any atom is -0.494 e. The molecule has 1 saturated carbocycles. The Morgan fingerprint density at radius 3 is 2.61 bits per heavy atom. The highest BCUT2D eigenvalue weighted by Crippen LogP contribution is 2.57. The Bertz CT molecular complexity index is 2390. The number of anilines is 1. The molecule has 3 aliphatic carbocycles. The maximum absolute atomic E-state index is 13.1. The van der Waals surface area contributed by atoms with Gasteiger partial charge in [0.2, 0.25) is 5.91 Å². The summed E-state index contributed by atoms with van der Waals surface area (Å²) in [5.41, 5.74) is 7.12. The number of aryl methyl sites for hydroxylation is 2. The molecule has 62 heavy (non-hydrogen) atoms. The molecular weight excluding hydrogens is 800 g/mol. The minimum atomic E-state index is -1.11. The number of hydrogen-bond donors (Lipinski definition) is 3. The number of aliphatic carboxylic acids is 1. The summed E-state index contributed by atoms with van der Waals surface area (Å²) in [5.74, 6) is 1.88. The molecule has 8 rings (SSSR count). The first-order valence-electron chi connectivity index (χ1n) is 22.3. The third-order valence-electron chi connectivity index (χ3n) is 13.7. The van der Waals surface area contributed by atoms with E-state index in [9.17, 15) is 14.7 Å². The van der Waals surface area contributed by atoms with Crippen molar-refractivity contribution in [2.24, 2.45) is 18.9 Å². The number of carbonyl (C=O) groups is 2. The minimum absolute atomic E-state index is 0.0336. The van der Waals surface area contributed by atoms with Crippen molar-refractivity contribution in [2.75, 3.05) is 18.5 Å². The van der Waals surface area contributed by atoms with Crippen LogP contribution in [0, 0.1) is 11.8 Å².